The number of hydrogen-bond acceptors (Lipinski definition) is 5. The molecular formula is C13H23N5. The first-order chi connectivity index (χ1) is 8.70. The number of likely N-dealkylation sites (N-methyl/N-ethyl adjacent to an activating group) is 1. The number of hydrogen-bond donors (Lipinski definition) is 1. The number of aryl methyl sites for hydroxylation is 2. The third kappa shape index (κ3) is 3.16. The van der Waals surface area contributed by atoms with Crippen LogP contribution in [0.15, 0.2) is 0 Å². The third-order valence-corrected chi connectivity index (χ3v) is 3.60. The van der Waals surface area contributed by atoms with E-state index in [0.29, 0.717) is 6.04 Å². The van der Waals surface area contributed by atoms with Crippen molar-refractivity contribution in [2.24, 2.45) is 0 Å². The molecule has 1 saturated heterocycles. The summed E-state index contributed by atoms with van der Waals surface area (Å²) in [6.45, 7) is 9.09. The van der Waals surface area contributed by atoms with Crippen molar-refractivity contribution >= 4 is 5.95 Å². The molecule has 0 radical (unpaired) electrons. The Hall–Kier alpha value is -1.23. The summed E-state index contributed by atoms with van der Waals surface area (Å²) in [5, 5.41) is 11.9. The van der Waals surface area contributed by atoms with Crippen molar-refractivity contribution in [1.29, 1.82) is 0 Å². The van der Waals surface area contributed by atoms with Gasteiger partial charge in [-0.15, -0.1) is 5.10 Å². The first-order valence-corrected chi connectivity index (χ1v) is 6.87. The van der Waals surface area contributed by atoms with Crippen molar-refractivity contribution in [1.82, 2.24) is 20.5 Å². The van der Waals surface area contributed by atoms with E-state index in [2.05, 4.69) is 32.3 Å². The summed E-state index contributed by atoms with van der Waals surface area (Å²) in [5.41, 5.74) is 1.88. The van der Waals surface area contributed by atoms with Crippen LogP contribution in [0.5, 0.6) is 0 Å². The van der Waals surface area contributed by atoms with Gasteiger partial charge in [-0.25, -0.2) is 4.98 Å². The molecule has 5 heteroatoms. The lowest BCUT2D eigenvalue weighted by Gasteiger charge is -2.29. The fraction of sp³-hybridized carbons (Fsp3) is 0.769. The molecule has 1 aliphatic rings. The highest BCUT2D eigenvalue weighted by Gasteiger charge is 2.18. The lowest BCUT2D eigenvalue weighted by atomic mass is 10.0. The molecule has 0 spiro atoms. The molecular weight excluding hydrogens is 226 g/mol. The summed E-state index contributed by atoms with van der Waals surface area (Å²) in [6.07, 6.45) is 3.86. The highest BCUT2D eigenvalue weighted by atomic mass is 15.3. The number of nitrogens with one attached hydrogen (secondary N) is 1. The molecule has 1 aromatic heterocycles. The third-order valence-electron chi connectivity index (χ3n) is 3.60. The van der Waals surface area contributed by atoms with E-state index in [0.717, 1.165) is 37.0 Å². The Bertz CT molecular complexity index is 387. The summed E-state index contributed by atoms with van der Waals surface area (Å²) in [6, 6.07) is 0.559. The largest absolute Gasteiger partial charge is 0.338 e. The quantitative estimate of drug-likeness (QED) is 0.875. The minimum Gasteiger partial charge on any atom is -0.338 e. The number of piperidine rings is 1. The van der Waals surface area contributed by atoms with Crippen LogP contribution in [-0.2, 0) is 0 Å². The SMILES string of the molecule is CCN(CC1CCCCN1)c1nnc(C)c(C)n1. The van der Waals surface area contributed by atoms with Crippen LogP contribution in [0, 0.1) is 13.8 Å². The number of nitrogens with zero attached hydrogens (tertiary/aromatic N) is 4. The highest BCUT2D eigenvalue weighted by Crippen LogP contribution is 2.13. The maximum Gasteiger partial charge on any atom is 0.245 e. The average Bonchev–Trinajstić information content (AvgIpc) is 2.40. The Morgan fingerprint density at radius 2 is 2.06 bits per heavy atom. The lowest BCUT2D eigenvalue weighted by Crippen LogP contribution is -2.44. The zero-order valence-corrected chi connectivity index (χ0v) is 11.6. The fourth-order valence-electron chi connectivity index (χ4n) is 2.28. The van der Waals surface area contributed by atoms with Crippen molar-refractivity contribution < 1.29 is 0 Å². The van der Waals surface area contributed by atoms with E-state index in [9.17, 15) is 0 Å². The zero-order chi connectivity index (χ0) is 13.0. The van der Waals surface area contributed by atoms with Gasteiger partial charge in [-0.1, -0.05) is 6.42 Å². The molecule has 1 unspecified atom stereocenters. The molecule has 1 atom stereocenters. The van der Waals surface area contributed by atoms with Crippen LogP contribution < -0.4 is 10.2 Å². The number of rotatable bonds is 4. The van der Waals surface area contributed by atoms with Gasteiger partial charge < -0.3 is 10.2 Å². The Kier molecular flexibility index (Phi) is 4.47. The van der Waals surface area contributed by atoms with Gasteiger partial charge >= 0.3 is 0 Å². The van der Waals surface area contributed by atoms with E-state index < -0.39 is 0 Å². The molecule has 0 amide bonds. The predicted molar refractivity (Wildman–Crippen MR) is 72.8 cm³/mol. The minimum atomic E-state index is 0.559. The minimum absolute atomic E-state index is 0.559. The van der Waals surface area contributed by atoms with Crippen LogP contribution in [0.3, 0.4) is 0 Å². The van der Waals surface area contributed by atoms with Crippen molar-refractivity contribution in [2.45, 2.75) is 46.1 Å². The Balaban J connectivity index is 2.04. The van der Waals surface area contributed by atoms with Gasteiger partial charge in [-0.2, -0.15) is 5.10 Å². The average molecular weight is 249 g/mol. The summed E-state index contributed by atoms with van der Waals surface area (Å²) in [4.78, 5) is 6.74. The predicted octanol–water partition coefficient (Wildman–Crippen LogP) is 1.46. The van der Waals surface area contributed by atoms with E-state index in [-0.39, 0.29) is 0 Å². The molecule has 1 N–H and O–H groups in total. The van der Waals surface area contributed by atoms with Crippen molar-refractivity contribution in [3.8, 4) is 0 Å². The van der Waals surface area contributed by atoms with Gasteiger partial charge in [-0.05, 0) is 40.2 Å². The van der Waals surface area contributed by atoms with Crippen LogP contribution in [0.1, 0.15) is 37.6 Å². The van der Waals surface area contributed by atoms with Crippen LogP contribution in [0.2, 0.25) is 0 Å². The van der Waals surface area contributed by atoms with Gasteiger partial charge in [-0.3, -0.25) is 0 Å². The van der Waals surface area contributed by atoms with E-state index in [1.165, 1.54) is 19.3 Å². The second-order valence-corrected chi connectivity index (χ2v) is 4.97. The molecule has 1 fully saturated rings. The maximum atomic E-state index is 4.53. The molecule has 1 aliphatic heterocycles. The van der Waals surface area contributed by atoms with Gasteiger partial charge in [0.05, 0.1) is 11.4 Å². The monoisotopic (exact) mass is 249 g/mol. The molecule has 0 aliphatic carbocycles. The normalized spacial score (nSPS) is 19.8. The summed E-state index contributed by atoms with van der Waals surface area (Å²) >= 11 is 0. The first kappa shape index (κ1) is 13.2. The Labute approximate surface area is 109 Å². The zero-order valence-electron chi connectivity index (χ0n) is 11.6. The topological polar surface area (TPSA) is 53.9 Å². The second kappa shape index (κ2) is 6.09. The van der Waals surface area contributed by atoms with E-state index in [1.54, 1.807) is 0 Å². The Morgan fingerprint density at radius 1 is 1.22 bits per heavy atom. The highest BCUT2D eigenvalue weighted by molar-refractivity contribution is 5.29. The van der Waals surface area contributed by atoms with Gasteiger partial charge in [0.1, 0.15) is 0 Å². The molecule has 2 heterocycles. The summed E-state index contributed by atoms with van der Waals surface area (Å²) < 4.78 is 0. The van der Waals surface area contributed by atoms with Crippen molar-refractivity contribution in [3.05, 3.63) is 11.4 Å². The molecule has 0 aromatic carbocycles. The Morgan fingerprint density at radius 3 is 2.67 bits per heavy atom. The maximum absolute atomic E-state index is 4.53. The van der Waals surface area contributed by atoms with Gasteiger partial charge in [0.25, 0.3) is 0 Å². The van der Waals surface area contributed by atoms with Gasteiger partial charge in [0, 0.05) is 19.1 Å². The standard InChI is InChI=1S/C13H23N5/c1-4-18(9-12-7-5-6-8-14-12)13-15-10(2)11(3)16-17-13/h12,14H,4-9H2,1-3H3. The number of anilines is 1. The first-order valence-electron chi connectivity index (χ1n) is 6.87. The molecule has 2 rings (SSSR count). The van der Waals surface area contributed by atoms with E-state index >= 15 is 0 Å². The molecule has 0 bridgehead atoms. The number of aromatic nitrogens is 3. The smallest absolute Gasteiger partial charge is 0.245 e. The molecule has 0 saturated carbocycles. The van der Waals surface area contributed by atoms with Crippen molar-refractivity contribution in [3.63, 3.8) is 0 Å². The van der Waals surface area contributed by atoms with E-state index in [4.69, 9.17) is 0 Å². The second-order valence-electron chi connectivity index (χ2n) is 4.97. The van der Waals surface area contributed by atoms with Crippen LogP contribution >= 0.6 is 0 Å². The van der Waals surface area contributed by atoms with E-state index in [1.807, 2.05) is 13.8 Å². The van der Waals surface area contributed by atoms with Crippen molar-refractivity contribution in [2.75, 3.05) is 24.5 Å². The van der Waals surface area contributed by atoms with Crippen LogP contribution in [0.25, 0.3) is 0 Å². The van der Waals surface area contributed by atoms with Gasteiger partial charge in [0.2, 0.25) is 5.95 Å². The fourth-order valence-corrected chi connectivity index (χ4v) is 2.28. The summed E-state index contributed by atoms with van der Waals surface area (Å²) in [5.74, 6) is 0.757. The molecule has 100 valence electrons. The van der Waals surface area contributed by atoms with Crippen LogP contribution in [0.4, 0.5) is 5.95 Å². The molecule has 5 nitrogen and oxygen atoms in total. The summed E-state index contributed by atoms with van der Waals surface area (Å²) in [7, 11) is 0. The molecule has 18 heavy (non-hydrogen) atoms. The lowest BCUT2D eigenvalue weighted by molar-refractivity contribution is 0.398. The molecule has 1 aromatic rings. The van der Waals surface area contributed by atoms with Crippen LogP contribution in [-0.4, -0.2) is 40.9 Å². The van der Waals surface area contributed by atoms with Gasteiger partial charge in [0.15, 0.2) is 0 Å².